The van der Waals surface area contributed by atoms with Crippen LogP contribution in [0.3, 0.4) is 0 Å². The van der Waals surface area contributed by atoms with E-state index in [1.54, 1.807) is 0 Å². The van der Waals surface area contributed by atoms with Crippen LogP contribution >= 0.6 is 0 Å². The maximum absolute atomic E-state index is 9.55. The van der Waals surface area contributed by atoms with Crippen molar-refractivity contribution in [3.05, 3.63) is 35.9 Å². The molecule has 1 fully saturated rings. The van der Waals surface area contributed by atoms with E-state index in [0.717, 1.165) is 0 Å². The molecule has 1 aromatic rings. The zero-order valence-corrected chi connectivity index (χ0v) is 11.5. The van der Waals surface area contributed by atoms with Gasteiger partial charge in [0.1, 0.15) is 0 Å². The lowest BCUT2D eigenvalue weighted by atomic mass is 9.75. The van der Waals surface area contributed by atoms with Crippen LogP contribution in [0.25, 0.3) is 0 Å². The fourth-order valence-corrected chi connectivity index (χ4v) is 2.79. The molecule has 0 bridgehead atoms. The Bertz CT molecular complexity index is 351. The Balaban J connectivity index is 1.92. The first kappa shape index (κ1) is 13.6. The fraction of sp³-hybridized carbons (Fsp3) is 0.625. The smallest absolute Gasteiger partial charge is 0.0626 e. The van der Waals surface area contributed by atoms with E-state index < -0.39 is 0 Å². The molecule has 2 rings (SSSR count). The van der Waals surface area contributed by atoms with Crippen molar-refractivity contribution in [2.75, 3.05) is 6.61 Å². The van der Waals surface area contributed by atoms with Gasteiger partial charge in [-0.3, -0.25) is 0 Å². The number of rotatable bonds is 4. The van der Waals surface area contributed by atoms with Crippen LogP contribution in [0.15, 0.2) is 30.3 Å². The topological polar surface area (TPSA) is 32.3 Å². The average molecular weight is 247 g/mol. The molecule has 2 N–H and O–H groups in total. The molecule has 0 saturated heterocycles. The van der Waals surface area contributed by atoms with Gasteiger partial charge in [0, 0.05) is 6.04 Å². The van der Waals surface area contributed by atoms with Crippen molar-refractivity contribution in [2.24, 2.45) is 5.41 Å². The molecule has 1 unspecified atom stereocenters. The summed E-state index contributed by atoms with van der Waals surface area (Å²) >= 11 is 0. The molecule has 1 aliphatic carbocycles. The SMILES string of the molecule is CC1(C)CCC(NC(CO)c2ccccc2)CC1. The molecule has 0 amide bonds. The molecule has 0 heterocycles. The molecule has 1 aromatic carbocycles. The molecular weight excluding hydrogens is 222 g/mol. The number of benzene rings is 1. The van der Waals surface area contributed by atoms with Gasteiger partial charge in [-0.25, -0.2) is 0 Å². The maximum Gasteiger partial charge on any atom is 0.0626 e. The van der Waals surface area contributed by atoms with Gasteiger partial charge in [0.15, 0.2) is 0 Å². The normalized spacial score (nSPS) is 21.7. The first-order chi connectivity index (χ1) is 8.61. The quantitative estimate of drug-likeness (QED) is 0.856. The summed E-state index contributed by atoms with van der Waals surface area (Å²) in [6.07, 6.45) is 4.99. The number of nitrogens with one attached hydrogen (secondary N) is 1. The van der Waals surface area contributed by atoms with Gasteiger partial charge in [-0.15, -0.1) is 0 Å². The number of hydrogen-bond donors (Lipinski definition) is 2. The third kappa shape index (κ3) is 3.56. The highest BCUT2D eigenvalue weighted by Crippen LogP contribution is 2.35. The van der Waals surface area contributed by atoms with Crippen LogP contribution in [0.4, 0.5) is 0 Å². The molecule has 0 aromatic heterocycles. The summed E-state index contributed by atoms with van der Waals surface area (Å²) in [5.41, 5.74) is 1.68. The van der Waals surface area contributed by atoms with Crippen LogP contribution in [0.2, 0.25) is 0 Å². The molecular formula is C16H25NO. The lowest BCUT2D eigenvalue weighted by Crippen LogP contribution is -2.39. The highest BCUT2D eigenvalue weighted by molar-refractivity contribution is 5.19. The molecule has 1 atom stereocenters. The monoisotopic (exact) mass is 247 g/mol. The first-order valence-electron chi connectivity index (χ1n) is 7.02. The van der Waals surface area contributed by atoms with Crippen LogP contribution in [0.1, 0.15) is 51.1 Å². The van der Waals surface area contributed by atoms with E-state index in [9.17, 15) is 5.11 Å². The Kier molecular flexibility index (Phi) is 4.41. The third-order valence-electron chi connectivity index (χ3n) is 4.16. The van der Waals surface area contributed by atoms with Gasteiger partial charge in [-0.2, -0.15) is 0 Å². The fourth-order valence-electron chi connectivity index (χ4n) is 2.79. The van der Waals surface area contributed by atoms with Gasteiger partial charge in [-0.05, 0) is 36.7 Å². The number of aliphatic hydroxyl groups is 1. The van der Waals surface area contributed by atoms with Crippen LogP contribution in [-0.2, 0) is 0 Å². The predicted octanol–water partition coefficient (Wildman–Crippen LogP) is 3.28. The Hall–Kier alpha value is -0.860. The van der Waals surface area contributed by atoms with E-state index >= 15 is 0 Å². The zero-order valence-electron chi connectivity index (χ0n) is 11.5. The third-order valence-corrected chi connectivity index (χ3v) is 4.16. The van der Waals surface area contributed by atoms with Crippen molar-refractivity contribution in [3.63, 3.8) is 0 Å². The largest absolute Gasteiger partial charge is 0.394 e. The van der Waals surface area contributed by atoms with Crippen molar-refractivity contribution >= 4 is 0 Å². The number of aliphatic hydroxyl groups excluding tert-OH is 1. The zero-order chi connectivity index (χ0) is 13.0. The summed E-state index contributed by atoms with van der Waals surface area (Å²) in [4.78, 5) is 0. The van der Waals surface area contributed by atoms with Gasteiger partial charge in [0.2, 0.25) is 0 Å². The lowest BCUT2D eigenvalue weighted by Gasteiger charge is -2.36. The second-order valence-corrected chi connectivity index (χ2v) is 6.25. The van der Waals surface area contributed by atoms with Gasteiger partial charge in [0.25, 0.3) is 0 Å². The average Bonchev–Trinajstić information content (AvgIpc) is 2.39. The summed E-state index contributed by atoms with van der Waals surface area (Å²) in [5, 5.41) is 13.2. The molecule has 0 spiro atoms. The highest BCUT2D eigenvalue weighted by atomic mass is 16.3. The standard InChI is InChI=1S/C16H25NO/c1-16(2)10-8-14(9-11-16)17-15(12-18)13-6-4-3-5-7-13/h3-7,14-15,17-18H,8-12H2,1-2H3. The second kappa shape index (κ2) is 5.85. The molecule has 1 aliphatic rings. The van der Waals surface area contributed by atoms with Gasteiger partial charge in [0.05, 0.1) is 12.6 Å². The maximum atomic E-state index is 9.55. The minimum Gasteiger partial charge on any atom is -0.394 e. The highest BCUT2D eigenvalue weighted by Gasteiger charge is 2.27. The van der Waals surface area contributed by atoms with E-state index in [4.69, 9.17) is 0 Å². The van der Waals surface area contributed by atoms with Crippen molar-refractivity contribution in [3.8, 4) is 0 Å². The van der Waals surface area contributed by atoms with Crippen molar-refractivity contribution < 1.29 is 5.11 Å². The molecule has 2 heteroatoms. The Labute approximate surface area is 110 Å². The Morgan fingerprint density at radius 3 is 2.39 bits per heavy atom. The van der Waals surface area contributed by atoms with E-state index in [1.807, 2.05) is 18.2 Å². The van der Waals surface area contributed by atoms with Gasteiger partial charge < -0.3 is 10.4 Å². The summed E-state index contributed by atoms with van der Waals surface area (Å²) in [6, 6.07) is 10.9. The van der Waals surface area contributed by atoms with Crippen molar-refractivity contribution in [1.29, 1.82) is 0 Å². The summed E-state index contributed by atoms with van der Waals surface area (Å²) in [6.45, 7) is 4.87. The van der Waals surface area contributed by atoms with E-state index in [1.165, 1.54) is 31.2 Å². The van der Waals surface area contributed by atoms with Gasteiger partial charge >= 0.3 is 0 Å². The molecule has 0 aliphatic heterocycles. The van der Waals surface area contributed by atoms with Crippen LogP contribution in [-0.4, -0.2) is 17.8 Å². The van der Waals surface area contributed by atoms with Crippen LogP contribution in [0.5, 0.6) is 0 Å². The minimum absolute atomic E-state index is 0.0809. The van der Waals surface area contributed by atoms with E-state index in [0.29, 0.717) is 11.5 Å². The second-order valence-electron chi connectivity index (χ2n) is 6.25. The van der Waals surface area contributed by atoms with E-state index in [-0.39, 0.29) is 12.6 Å². The summed E-state index contributed by atoms with van der Waals surface area (Å²) < 4.78 is 0. The van der Waals surface area contributed by atoms with Crippen LogP contribution < -0.4 is 5.32 Å². The number of hydrogen-bond acceptors (Lipinski definition) is 2. The molecule has 100 valence electrons. The predicted molar refractivity (Wildman–Crippen MR) is 75.4 cm³/mol. The summed E-state index contributed by atoms with van der Waals surface area (Å²) in [7, 11) is 0. The summed E-state index contributed by atoms with van der Waals surface area (Å²) in [5.74, 6) is 0. The Morgan fingerprint density at radius 2 is 1.83 bits per heavy atom. The minimum atomic E-state index is 0.0809. The molecule has 2 nitrogen and oxygen atoms in total. The van der Waals surface area contributed by atoms with Crippen molar-refractivity contribution in [2.45, 2.75) is 51.6 Å². The lowest BCUT2D eigenvalue weighted by molar-refractivity contribution is 0.175. The molecule has 0 radical (unpaired) electrons. The van der Waals surface area contributed by atoms with Crippen molar-refractivity contribution in [1.82, 2.24) is 5.32 Å². The van der Waals surface area contributed by atoms with E-state index in [2.05, 4.69) is 31.3 Å². The Morgan fingerprint density at radius 1 is 1.22 bits per heavy atom. The molecule has 1 saturated carbocycles. The van der Waals surface area contributed by atoms with Crippen LogP contribution in [0, 0.1) is 5.41 Å². The molecule has 18 heavy (non-hydrogen) atoms. The van der Waals surface area contributed by atoms with Gasteiger partial charge in [-0.1, -0.05) is 44.2 Å². The first-order valence-corrected chi connectivity index (χ1v) is 7.02.